The lowest BCUT2D eigenvalue weighted by atomic mass is 10.2. The number of nitrogens with one attached hydrogen (secondary N) is 1. The molecule has 0 radical (unpaired) electrons. The monoisotopic (exact) mass is 309 g/mol. The Morgan fingerprint density at radius 3 is 2.70 bits per heavy atom. The van der Waals surface area contributed by atoms with Crippen LogP contribution in [0.3, 0.4) is 0 Å². The van der Waals surface area contributed by atoms with Crippen LogP contribution in [0.1, 0.15) is 12.5 Å². The third kappa shape index (κ3) is 3.94. The fraction of sp³-hybridized carbons (Fsp3) is 0.308. The zero-order chi connectivity index (χ0) is 14.5. The number of thioether (sulfide) groups is 1. The van der Waals surface area contributed by atoms with Crippen LogP contribution in [0.2, 0.25) is 0 Å². The van der Waals surface area contributed by atoms with Crippen molar-refractivity contribution in [2.75, 3.05) is 12.4 Å². The molecule has 0 saturated heterocycles. The highest BCUT2D eigenvalue weighted by atomic mass is 32.2. The topological polar surface area (TPSA) is 64.1 Å². The second-order valence-corrected chi connectivity index (χ2v) is 6.71. The highest BCUT2D eigenvalue weighted by Crippen LogP contribution is 2.30. The van der Waals surface area contributed by atoms with Gasteiger partial charge in [0, 0.05) is 5.69 Å². The summed E-state index contributed by atoms with van der Waals surface area (Å²) in [4.78, 5) is 11.3. The van der Waals surface area contributed by atoms with E-state index in [2.05, 4.69) is 20.3 Å². The number of hydrogen-bond donors (Lipinski definition) is 1. The molecule has 1 unspecified atom stereocenters. The molecule has 2 rings (SSSR count). The summed E-state index contributed by atoms with van der Waals surface area (Å²) in [7, 11) is 1.38. The van der Waals surface area contributed by atoms with Crippen molar-refractivity contribution in [3.63, 3.8) is 0 Å². The Kier molecular flexibility index (Phi) is 4.97. The number of esters is 1. The third-order valence-electron chi connectivity index (χ3n) is 2.52. The zero-order valence-electron chi connectivity index (χ0n) is 11.4. The fourth-order valence-electron chi connectivity index (χ4n) is 1.43. The third-order valence-corrected chi connectivity index (χ3v) is 4.52. The van der Waals surface area contributed by atoms with Gasteiger partial charge >= 0.3 is 5.97 Å². The number of carbonyl (C=O) groups is 1. The number of ether oxygens (including phenoxy) is 1. The van der Waals surface area contributed by atoms with Crippen LogP contribution in [-0.4, -0.2) is 28.5 Å². The van der Waals surface area contributed by atoms with Crippen LogP contribution in [0.5, 0.6) is 0 Å². The number of carbonyl (C=O) groups excluding carboxylic acids is 1. The molecule has 20 heavy (non-hydrogen) atoms. The van der Waals surface area contributed by atoms with Crippen molar-refractivity contribution in [1.29, 1.82) is 0 Å². The normalized spacial score (nSPS) is 11.9. The van der Waals surface area contributed by atoms with E-state index < -0.39 is 0 Å². The van der Waals surface area contributed by atoms with Gasteiger partial charge in [-0.2, -0.15) is 0 Å². The van der Waals surface area contributed by atoms with Gasteiger partial charge in [-0.1, -0.05) is 40.8 Å². The molecule has 0 aliphatic rings. The molecule has 7 heteroatoms. The Morgan fingerprint density at radius 2 is 2.05 bits per heavy atom. The van der Waals surface area contributed by atoms with Crippen molar-refractivity contribution in [2.24, 2.45) is 0 Å². The van der Waals surface area contributed by atoms with Gasteiger partial charge in [-0.05, 0) is 26.0 Å². The van der Waals surface area contributed by atoms with Crippen molar-refractivity contribution in [3.05, 3.63) is 29.8 Å². The molecule has 1 heterocycles. The van der Waals surface area contributed by atoms with E-state index in [1.54, 1.807) is 6.92 Å². The van der Waals surface area contributed by atoms with Gasteiger partial charge < -0.3 is 10.1 Å². The molecule has 1 atom stereocenters. The zero-order valence-corrected chi connectivity index (χ0v) is 13.0. The second-order valence-electron chi connectivity index (χ2n) is 4.15. The smallest absolute Gasteiger partial charge is 0.318 e. The Morgan fingerprint density at radius 1 is 1.35 bits per heavy atom. The first-order chi connectivity index (χ1) is 9.58. The summed E-state index contributed by atoms with van der Waals surface area (Å²) in [6.07, 6.45) is 0. The molecule has 1 N–H and O–H groups in total. The average molecular weight is 309 g/mol. The second kappa shape index (κ2) is 6.71. The summed E-state index contributed by atoms with van der Waals surface area (Å²) in [5.41, 5.74) is 2.17. The minimum atomic E-state index is -0.292. The average Bonchev–Trinajstić information content (AvgIpc) is 2.87. The molecule has 106 valence electrons. The van der Waals surface area contributed by atoms with Crippen LogP contribution in [0, 0.1) is 6.92 Å². The summed E-state index contributed by atoms with van der Waals surface area (Å²) in [6, 6.07) is 8.03. The maximum absolute atomic E-state index is 11.3. The van der Waals surface area contributed by atoms with Gasteiger partial charge in [0.15, 0.2) is 4.34 Å². The van der Waals surface area contributed by atoms with Gasteiger partial charge in [-0.25, -0.2) is 0 Å². The summed E-state index contributed by atoms with van der Waals surface area (Å²) in [6.45, 7) is 3.82. The van der Waals surface area contributed by atoms with E-state index in [4.69, 9.17) is 0 Å². The van der Waals surface area contributed by atoms with Gasteiger partial charge in [-0.15, -0.1) is 10.2 Å². The van der Waals surface area contributed by atoms with Crippen LogP contribution in [-0.2, 0) is 9.53 Å². The summed E-state index contributed by atoms with van der Waals surface area (Å²) in [5, 5.41) is 11.7. The quantitative estimate of drug-likeness (QED) is 0.675. The molecule has 0 spiro atoms. The van der Waals surface area contributed by atoms with Gasteiger partial charge in [0.05, 0.1) is 7.11 Å². The Balaban J connectivity index is 1.98. The van der Waals surface area contributed by atoms with E-state index in [0.29, 0.717) is 5.13 Å². The van der Waals surface area contributed by atoms with Crippen molar-refractivity contribution in [2.45, 2.75) is 23.4 Å². The standard InChI is InChI=1S/C13H15N3O2S2/c1-8-4-6-10(7-5-8)14-12-15-16-13(20-12)19-9(2)11(17)18-3/h4-7,9H,1-3H3,(H,14,15). The number of anilines is 2. The number of methoxy groups -OCH3 is 1. The number of aromatic nitrogens is 2. The van der Waals surface area contributed by atoms with Crippen LogP contribution in [0.15, 0.2) is 28.6 Å². The first-order valence-electron chi connectivity index (χ1n) is 6.00. The van der Waals surface area contributed by atoms with Gasteiger partial charge in [0.25, 0.3) is 0 Å². The van der Waals surface area contributed by atoms with E-state index in [-0.39, 0.29) is 11.2 Å². The summed E-state index contributed by atoms with van der Waals surface area (Å²) < 4.78 is 5.41. The molecule has 0 aliphatic carbocycles. The molecule has 5 nitrogen and oxygen atoms in total. The molecule has 0 bridgehead atoms. The van der Waals surface area contributed by atoms with Crippen LogP contribution in [0.25, 0.3) is 0 Å². The largest absolute Gasteiger partial charge is 0.468 e. The van der Waals surface area contributed by atoms with Crippen molar-refractivity contribution >= 4 is 39.9 Å². The molecule has 0 aliphatic heterocycles. The maximum atomic E-state index is 11.3. The van der Waals surface area contributed by atoms with Gasteiger partial charge in [-0.3, -0.25) is 4.79 Å². The lowest BCUT2D eigenvalue weighted by molar-refractivity contribution is -0.139. The number of aryl methyl sites for hydroxylation is 1. The van der Waals surface area contributed by atoms with Crippen LogP contribution in [0.4, 0.5) is 10.8 Å². The van der Waals surface area contributed by atoms with E-state index >= 15 is 0 Å². The van der Waals surface area contributed by atoms with E-state index in [0.717, 1.165) is 10.0 Å². The lowest BCUT2D eigenvalue weighted by Crippen LogP contribution is -2.14. The maximum Gasteiger partial charge on any atom is 0.318 e. The molecule has 1 aromatic heterocycles. The Bertz CT molecular complexity index is 584. The van der Waals surface area contributed by atoms with Crippen molar-refractivity contribution in [3.8, 4) is 0 Å². The highest BCUT2D eigenvalue weighted by molar-refractivity contribution is 8.02. The molecule has 0 amide bonds. The Hall–Kier alpha value is -1.60. The van der Waals surface area contributed by atoms with Crippen molar-refractivity contribution < 1.29 is 9.53 Å². The number of benzene rings is 1. The minimum Gasteiger partial charge on any atom is -0.468 e. The van der Waals surface area contributed by atoms with E-state index in [9.17, 15) is 4.79 Å². The Labute approximate surface area is 125 Å². The van der Waals surface area contributed by atoms with Crippen LogP contribution >= 0.6 is 23.1 Å². The molecule has 0 fully saturated rings. The van der Waals surface area contributed by atoms with Crippen molar-refractivity contribution in [1.82, 2.24) is 10.2 Å². The van der Waals surface area contributed by atoms with Gasteiger partial charge in [0.1, 0.15) is 5.25 Å². The molecule has 0 saturated carbocycles. The summed E-state index contributed by atoms with van der Waals surface area (Å²) >= 11 is 2.75. The van der Waals surface area contributed by atoms with Gasteiger partial charge in [0.2, 0.25) is 5.13 Å². The number of nitrogens with zero attached hydrogens (tertiary/aromatic N) is 2. The first-order valence-corrected chi connectivity index (χ1v) is 7.70. The van der Waals surface area contributed by atoms with E-state index in [1.807, 2.05) is 31.2 Å². The molecular formula is C13H15N3O2S2. The fourth-order valence-corrected chi connectivity index (χ4v) is 3.38. The van der Waals surface area contributed by atoms with E-state index in [1.165, 1.54) is 35.8 Å². The number of rotatable bonds is 5. The number of hydrogen-bond acceptors (Lipinski definition) is 7. The predicted molar refractivity (Wildman–Crippen MR) is 81.7 cm³/mol. The van der Waals surface area contributed by atoms with Crippen LogP contribution < -0.4 is 5.32 Å². The first kappa shape index (κ1) is 14.8. The molecule has 1 aromatic carbocycles. The highest BCUT2D eigenvalue weighted by Gasteiger charge is 2.17. The minimum absolute atomic E-state index is 0.266. The SMILES string of the molecule is COC(=O)C(C)Sc1nnc(Nc2ccc(C)cc2)s1. The lowest BCUT2D eigenvalue weighted by Gasteiger charge is -2.04. The molecular weight excluding hydrogens is 294 g/mol. The predicted octanol–water partition coefficient (Wildman–Crippen LogP) is 3.24. The molecule has 2 aromatic rings. The summed E-state index contributed by atoms with van der Waals surface area (Å²) in [5.74, 6) is -0.266.